The number of aliphatic hydroxyl groups excluding tert-OH is 1. The van der Waals surface area contributed by atoms with Crippen molar-refractivity contribution < 1.29 is 10.0 Å². The van der Waals surface area contributed by atoms with Gasteiger partial charge in [0.1, 0.15) is 5.69 Å². The molecule has 0 saturated carbocycles. The molecule has 0 atom stereocenters. The van der Waals surface area contributed by atoms with Crippen molar-refractivity contribution >= 4 is 5.69 Å². The highest BCUT2D eigenvalue weighted by Crippen LogP contribution is 2.23. The fourth-order valence-corrected chi connectivity index (χ4v) is 1.09. The van der Waals surface area contributed by atoms with E-state index in [9.17, 15) is 10.1 Å². The molecule has 5 nitrogen and oxygen atoms in total. The molecule has 0 fully saturated rings. The van der Waals surface area contributed by atoms with E-state index in [1.54, 1.807) is 0 Å². The lowest BCUT2D eigenvalue weighted by molar-refractivity contribution is -0.386. The van der Waals surface area contributed by atoms with E-state index < -0.39 is 4.92 Å². The van der Waals surface area contributed by atoms with Crippen molar-refractivity contribution in [1.29, 1.82) is 0 Å². The molecule has 0 radical (unpaired) electrons. The number of rotatable bonds is 3. The van der Waals surface area contributed by atoms with Crippen LogP contribution in [0.1, 0.15) is 11.3 Å². The van der Waals surface area contributed by atoms with Crippen LogP contribution in [0.25, 0.3) is 0 Å². The van der Waals surface area contributed by atoms with Gasteiger partial charge < -0.3 is 10.1 Å². The molecule has 1 aromatic heterocycles. The van der Waals surface area contributed by atoms with Gasteiger partial charge in [0.15, 0.2) is 0 Å². The molecule has 0 bridgehead atoms. The predicted molar refractivity (Wildman–Crippen MR) is 45.9 cm³/mol. The van der Waals surface area contributed by atoms with Crippen LogP contribution in [-0.2, 0) is 13.0 Å². The minimum atomic E-state index is -0.547. The van der Waals surface area contributed by atoms with Crippen LogP contribution in [0.3, 0.4) is 0 Å². The van der Waals surface area contributed by atoms with E-state index >= 15 is 0 Å². The molecule has 0 aromatic carbocycles. The molecule has 13 heavy (non-hydrogen) atoms. The highest BCUT2D eigenvalue weighted by molar-refractivity contribution is 5.45. The van der Waals surface area contributed by atoms with Gasteiger partial charge in [-0.25, -0.2) is 0 Å². The van der Waals surface area contributed by atoms with E-state index in [0.29, 0.717) is 5.69 Å². The highest BCUT2D eigenvalue weighted by Gasteiger charge is 2.20. The largest absolute Gasteiger partial charge is 0.391 e. The van der Waals surface area contributed by atoms with Crippen LogP contribution < -0.4 is 0 Å². The van der Waals surface area contributed by atoms with Gasteiger partial charge in [-0.3, -0.25) is 10.1 Å². The van der Waals surface area contributed by atoms with Crippen molar-refractivity contribution in [3.63, 3.8) is 0 Å². The Morgan fingerprint density at radius 3 is 2.92 bits per heavy atom. The van der Waals surface area contributed by atoms with Crippen molar-refractivity contribution in [3.8, 4) is 12.3 Å². The Hall–Kier alpha value is -1.80. The standard InChI is InChI=1S/C8H8N2O3/c1-2-3-7-8(10(12)13)6(5-11)4-9-7/h1,4,9,11H,3,5H2. The molecule has 0 saturated heterocycles. The Bertz CT molecular complexity index is 362. The van der Waals surface area contributed by atoms with Crippen molar-refractivity contribution in [3.05, 3.63) is 27.6 Å². The third kappa shape index (κ3) is 1.68. The van der Waals surface area contributed by atoms with Gasteiger partial charge in [-0.05, 0) is 0 Å². The van der Waals surface area contributed by atoms with Crippen LogP contribution in [0.5, 0.6) is 0 Å². The Balaban J connectivity index is 3.15. The Labute approximate surface area is 74.5 Å². The molecule has 0 aliphatic carbocycles. The summed E-state index contributed by atoms with van der Waals surface area (Å²) in [5, 5.41) is 19.3. The summed E-state index contributed by atoms with van der Waals surface area (Å²) >= 11 is 0. The van der Waals surface area contributed by atoms with Gasteiger partial charge in [-0.2, -0.15) is 0 Å². The van der Waals surface area contributed by atoms with Gasteiger partial charge in [0.25, 0.3) is 5.69 Å². The average molecular weight is 180 g/mol. The number of terminal acetylenes is 1. The summed E-state index contributed by atoms with van der Waals surface area (Å²) in [6, 6.07) is 0. The van der Waals surface area contributed by atoms with Crippen molar-refractivity contribution in [1.82, 2.24) is 4.98 Å². The van der Waals surface area contributed by atoms with E-state index in [2.05, 4.69) is 10.9 Å². The van der Waals surface area contributed by atoms with Crippen LogP contribution in [0.15, 0.2) is 6.20 Å². The number of nitro groups is 1. The second-order valence-corrected chi connectivity index (χ2v) is 2.44. The quantitative estimate of drug-likeness (QED) is 0.406. The van der Waals surface area contributed by atoms with Gasteiger partial charge in [-0.15, -0.1) is 12.3 Å². The summed E-state index contributed by atoms with van der Waals surface area (Å²) < 4.78 is 0. The van der Waals surface area contributed by atoms with Gasteiger partial charge >= 0.3 is 0 Å². The van der Waals surface area contributed by atoms with Crippen LogP contribution in [-0.4, -0.2) is 15.0 Å². The molecule has 1 heterocycles. The SMILES string of the molecule is C#CCc1[nH]cc(CO)c1[N+](=O)[O-]. The van der Waals surface area contributed by atoms with Crippen molar-refractivity contribution in [2.45, 2.75) is 13.0 Å². The number of aromatic amines is 1. The zero-order valence-electron chi connectivity index (χ0n) is 6.78. The molecule has 68 valence electrons. The van der Waals surface area contributed by atoms with Crippen LogP contribution >= 0.6 is 0 Å². The second kappa shape index (κ2) is 3.74. The molecule has 1 rings (SSSR count). The third-order valence-electron chi connectivity index (χ3n) is 1.64. The zero-order chi connectivity index (χ0) is 9.84. The minimum absolute atomic E-state index is 0.111. The Kier molecular flexibility index (Phi) is 2.67. The van der Waals surface area contributed by atoms with E-state index in [1.807, 2.05) is 0 Å². The first kappa shape index (κ1) is 9.29. The molecule has 0 spiro atoms. The van der Waals surface area contributed by atoms with Gasteiger partial charge in [-0.1, -0.05) is 0 Å². The first-order valence-corrected chi connectivity index (χ1v) is 3.58. The van der Waals surface area contributed by atoms with Gasteiger partial charge in [0.05, 0.1) is 23.5 Å². The number of aromatic nitrogens is 1. The second-order valence-electron chi connectivity index (χ2n) is 2.44. The summed E-state index contributed by atoms with van der Waals surface area (Å²) in [5.74, 6) is 2.30. The van der Waals surface area contributed by atoms with Crippen LogP contribution in [0, 0.1) is 22.5 Å². The van der Waals surface area contributed by atoms with Crippen LogP contribution in [0.2, 0.25) is 0 Å². The zero-order valence-corrected chi connectivity index (χ0v) is 6.78. The summed E-state index contributed by atoms with van der Waals surface area (Å²) in [6.45, 7) is -0.364. The van der Waals surface area contributed by atoms with E-state index in [4.69, 9.17) is 11.5 Å². The first-order chi connectivity index (χ1) is 6.20. The summed E-state index contributed by atoms with van der Waals surface area (Å²) in [5.41, 5.74) is 0.507. The number of nitrogens with zero attached hydrogens (tertiary/aromatic N) is 1. The van der Waals surface area contributed by atoms with E-state index in [-0.39, 0.29) is 24.3 Å². The maximum absolute atomic E-state index is 10.5. The Morgan fingerprint density at radius 1 is 1.77 bits per heavy atom. The molecular formula is C8H8N2O3. The smallest absolute Gasteiger partial charge is 0.296 e. The molecule has 0 amide bonds. The molecule has 0 aliphatic rings. The van der Waals surface area contributed by atoms with Gasteiger partial charge in [0.2, 0.25) is 0 Å². The maximum Gasteiger partial charge on any atom is 0.296 e. The van der Waals surface area contributed by atoms with E-state index in [0.717, 1.165) is 0 Å². The van der Waals surface area contributed by atoms with Gasteiger partial charge in [0, 0.05) is 6.20 Å². The summed E-state index contributed by atoms with van der Waals surface area (Å²) in [7, 11) is 0. The lowest BCUT2D eigenvalue weighted by Gasteiger charge is -1.93. The Morgan fingerprint density at radius 2 is 2.46 bits per heavy atom. The molecule has 0 unspecified atom stereocenters. The van der Waals surface area contributed by atoms with Crippen molar-refractivity contribution in [2.75, 3.05) is 0 Å². The highest BCUT2D eigenvalue weighted by atomic mass is 16.6. The molecular weight excluding hydrogens is 172 g/mol. The fraction of sp³-hybridized carbons (Fsp3) is 0.250. The van der Waals surface area contributed by atoms with Crippen LogP contribution in [0.4, 0.5) is 5.69 Å². The normalized spacial score (nSPS) is 9.54. The fourth-order valence-electron chi connectivity index (χ4n) is 1.09. The molecule has 0 aliphatic heterocycles. The monoisotopic (exact) mass is 180 g/mol. The average Bonchev–Trinajstić information content (AvgIpc) is 2.48. The third-order valence-corrected chi connectivity index (χ3v) is 1.64. The van der Waals surface area contributed by atoms with Crippen molar-refractivity contribution in [2.24, 2.45) is 0 Å². The number of hydrogen-bond acceptors (Lipinski definition) is 3. The molecule has 5 heteroatoms. The maximum atomic E-state index is 10.5. The summed E-state index contributed by atoms with van der Waals surface area (Å²) in [4.78, 5) is 12.7. The lowest BCUT2D eigenvalue weighted by atomic mass is 10.2. The summed E-state index contributed by atoms with van der Waals surface area (Å²) in [6.07, 6.45) is 6.58. The predicted octanol–water partition coefficient (Wildman–Crippen LogP) is 0.591. The lowest BCUT2D eigenvalue weighted by Crippen LogP contribution is -1.95. The number of aliphatic hydroxyl groups is 1. The molecule has 2 N–H and O–H groups in total. The number of nitrogens with one attached hydrogen (secondary N) is 1. The molecule has 1 aromatic rings. The van der Waals surface area contributed by atoms with E-state index in [1.165, 1.54) is 6.20 Å². The number of hydrogen-bond donors (Lipinski definition) is 2. The topological polar surface area (TPSA) is 79.2 Å². The first-order valence-electron chi connectivity index (χ1n) is 3.58. The number of H-pyrrole nitrogens is 1. The minimum Gasteiger partial charge on any atom is -0.391 e.